The summed E-state index contributed by atoms with van der Waals surface area (Å²) in [6.45, 7) is 3.70. The van der Waals surface area contributed by atoms with Crippen LogP contribution in [0.3, 0.4) is 0 Å². The molecular weight excluding hydrogens is 470 g/mol. The summed E-state index contributed by atoms with van der Waals surface area (Å²) in [6, 6.07) is 18.9. The monoisotopic (exact) mass is 489 g/mol. The van der Waals surface area contributed by atoms with E-state index >= 15 is 0 Å². The predicted molar refractivity (Wildman–Crippen MR) is 135 cm³/mol. The van der Waals surface area contributed by atoms with Crippen molar-refractivity contribution in [3.8, 4) is 27.7 Å². The molecule has 7 nitrogen and oxygen atoms in total. The standard InChI is InChI=1S/C25H20ClN5O2S/c1-15-11-19(12-16(2)24(15)26)33-14-23(32)27-18-6-3-5-17(13-18)20-8-9-22-28-29-25(31(22)30-20)21-7-4-10-34-21/h3-13H,14H2,1-2H3,(H,27,32). The first-order chi connectivity index (χ1) is 16.5. The lowest BCUT2D eigenvalue weighted by atomic mass is 10.1. The average molecular weight is 490 g/mol. The van der Waals surface area contributed by atoms with Crippen LogP contribution >= 0.6 is 22.9 Å². The first-order valence-corrected chi connectivity index (χ1v) is 11.8. The molecule has 0 aliphatic heterocycles. The van der Waals surface area contributed by atoms with Gasteiger partial charge in [-0.05, 0) is 72.8 Å². The maximum absolute atomic E-state index is 12.5. The predicted octanol–water partition coefficient (Wildman–Crippen LogP) is 5.81. The van der Waals surface area contributed by atoms with E-state index in [9.17, 15) is 4.79 Å². The number of fused-ring (bicyclic) bond motifs is 1. The van der Waals surface area contributed by atoms with E-state index in [1.165, 1.54) is 0 Å². The first-order valence-electron chi connectivity index (χ1n) is 10.5. The Bertz CT molecular complexity index is 1470. The average Bonchev–Trinajstić information content (AvgIpc) is 3.50. The Morgan fingerprint density at radius 1 is 1.06 bits per heavy atom. The lowest BCUT2D eigenvalue weighted by molar-refractivity contribution is -0.118. The maximum Gasteiger partial charge on any atom is 0.262 e. The van der Waals surface area contributed by atoms with Crippen LogP contribution in [0, 0.1) is 13.8 Å². The highest BCUT2D eigenvalue weighted by Crippen LogP contribution is 2.27. The third-order valence-corrected chi connectivity index (χ3v) is 6.69. The molecule has 0 atom stereocenters. The van der Waals surface area contributed by atoms with Gasteiger partial charge in [-0.25, -0.2) is 0 Å². The summed E-state index contributed by atoms with van der Waals surface area (Å²) in [5.74, 6) is 1.04. The second kappa shape index (κ2) is 9.24. The number of carbonyl (C=O) groups is 1. The zero-order valence-electron chi connectivity index (χ0n) is 18.4. The second-order valence-corrected chi connectivity index (χ2v) is 9.10. The summed E-state index contributed by atoms with van der Waals surface area (Å²) < 4.78 is 7.39. The van der Waals surface area contributed by atoms with Crippen LogP contribution in [0.5, 0.6) is 5.75 Å². The lowest BCUT2D eigenvalue weighted by Crippen LogP contribution is -2.20. The van der Waals surface area contributed by atoms with E-state index in [1.807, 2.05) is 79.9 Å². The van der Waals surface area contributed by atoms with Crippen molar-refractivity contribution in [1.82, 2.24) is 19.8 Å². The molecule has 0 saturated carbocycles. The largest absolute Gasteiger partial charge is 0.484 e. The molecule has 1 N–H and O–H groups in total. The summed E-state index contributed by atoms with van der Waals surface area (Å²) >= 11 is 7.78. The number of benzene rings is 2. The summed E-state index contributed by atoms with van der Waals surface area (Å²) in [4.78, 5) is 13.5. The molecule has 5 aromatic rings. The molecule has 0 aliphatic carbocycles. The van der Waals surface area contributed by atoms with E-state index in [2.05, 4.69) is 15.5 Å². The lowest BCUT2D eigenvalue weighted by Gasteiger charge is -2.11. The topological polar surface area (TPSA) is 81.4 Å². The van der Waals surface area contributed by atoms with Crippen LogP contribution in [0.15, 0.2) is 66.0 Å². The molecule has 0 unspecified atom stereocenters. The molecule has 0 saturated heterocycles. The number of halogens is 1. The van der Waals surface area contributed by atoms with E-state index in [0.717, 1.165) is 27.3 Å². The smallest absolute Gasteiger partial charge is 0.262 e. The maximum atomic E-state index is 12.5. The fourth-order valence-electron chi connectivity index (χ4n) is 3.59. The highest BCUT2D eigenvalue weighted by Gasteiger charge is 2.12. The molecule has 5 rings (SSSR count). The van der Waals surface area contributed by atoms with E-state index in [0.29, 0.717) is 27.9 Å². The molecule has 0 spiro atoms. The van der Waals surface area contributed by atoms with Gasteiger partial charge in [-0.1, -0.05) is 29.8 Å². The van der Waals surface area contributed by atoms with Gasteiger partial charge in [-0.3, -0.25) is 4.79 Å². The summed E-state index contributed by atoms with van der Waals surface area (Å²) in [6.07, 6.45) is 0. The minimum Gasteiger partial charge on any atom is -0.484 e. The van der Waals surface area contributed by atoms with Crippen molar-refractivity contribution in [3.63, 3.8) is 0 Å². The SMILES string of the molecule is Cc1cc(OCC(=O)Nc2cccc(-c3ccc4nnc(-c5cccs5)n4n3)c2)cc(C)c1Cl. The Kier molecular flexibility index (Phi) is 6.00. The van der Waals surface area contributed by atoms with Crippen LogP contribution in [0.25, 0.3) is 27.6 Å². The highest BCUT2D eigenvalue weighted by molar-refractivity contribution is 7.13. The Balaban J connectivity index is 1.32. The zero-order chi connectivity index (χ0) is 23.7. The van der Waals surface area contributed by atoms with Crippen molar-refractivity contribution >= 4 is 40.2 Å². The number of carbonyl (C=O) groups excluding carboxylic acids is 1. The Hall–Kier alpha value is -3.75. The number of aryl methyl sites for hydroxylation is 2. The molecule has 170 valence electrons. The summed E-state index contributed by atoms with van der Waals surface area (Å²) in [5.41, 5.74) is 4.73. The van der Waals surface area contributed by atoms with Gasteiger partial charge in [-0.2, -0.15) is 9.61 Å². The van der Waals surface area contributed by atoms with Gasteiger partial charge in [-0.15, -0.1) is 21.5 Å². The fourth-order valence-corrected chi connectivity index (χ4v) is 4.40. The third kappa shape index (κ3) is 4.50. The number of ether oxygens (including phenoxy) is 1. The minimum absolute atomic E-state index is 0.111. The molecule has 9 heteroatoms. The molecular formula is C25H20ClN5O2S. The van der Waals surface area contributed by atoms with Gasteiger partial charge >= 0.3 is 0 Å². The molecule has 0 radical (unpaired) electrons. The number of nitrogens with one attached hydrogen (secondary N) is 1. The van der Waals surface area contributed by atoms with Gasteiger partial charge < -0.3 is 10.1 Å². The molecule has 1 amide bonds. The van der Waals surface area contributed by atoms with E-state index in [1.54, 1.807) is 15.9 Å². The van der Waals surface area contributed by atoms with Crippen LogP contribution in [0.1, 0.15) is 11.1 Å². The number of hydrogen-bond donors (Lipinski definition) is 1. The minimum atomic E-state index is -0.260. The zero-order valence-corrected chi connectivity index (χ0v) is 20.0. The number of rotatable bonds is 6. The molecule has 0 bridgehead atoms. The van der Waals surface area contributed by atoms with Gasteiger partial charge in [0.15, 0.2) is 18.1 Å². The van der Waals surface area contributed by atoms with Crippen molar-refractivity contribution < 1.29 is 9.53 Å². The normalized spacial score (nSPS) is 11.0. The van der Waals surface area contributed by atoms with Gasteiger partial charge in [0.2, 0.25) is 0 Å². The van der Waals surface area contributed by atoms with Crippen LogP contribution in [0.2, 0.25) is 5.02 Å². The number of nitrogens with zero attached hydrogens (tertiary/aromatic N) is 4. The van der Waals surface area contributed by atoms with Gasteiger partial charge in [0.05, 0.1) is 10.6 Å². The molecule has 3 heterocycles. The molecule has 2 aromatic carbocycles. The Labute approximate surface area is 205 Å². The second-order valence-electron chi connectivity index (χ2n) is 7.78. The molecule has 34 heavy (non-hydrogen) atoms. The van der Waals surface area contributed by atoms with E-state index in [4.69, 9.17) is 21.4 Å². The quantitative estimate of drug-likeness (QED) is 0.325. The van der Waals surface area contributed by atoms with Crippen LogP contribution in [-0.2, 0) is 4.79 Å². The Morgan fingerprint density at radius 3 is 2.65 bits per heavy atom. The summed E-state index contributed by atoms with van der Waals surface area (Å²) in [5, 5.41) is 18.8. The number of aromatic nitrogens is 4. The molecule has 0 fully saturated rings. The van der Waals surface area contributed by atoms with Gasteiger partial charge in [0, 0.05) is 16.3 Å². The third-order valence-electron chi connectivity index (χ3n) is 5.23. The van der Waals surface area contributed by atoms with Crippen molar-refractivity contribution in [2.75, 3.05) is 11.9 Å². The van der Waals surface area contributed by atoms with Crippen LogP contribution in [-0.4, -0.2) is 32.3 Å². The van der Waals surface area contributed by atoms with E-state index < -0.39 is 0 Å². The molecule has 3 aromatic heterocycles. The van der Waals surface area contributed by atoms with Crippen molar-refractivity contribution in [3.05, 3.63) is 82.2 Å². The number of anilines is 1. The fraction of sp³-hybridized carbons (Fsp3) is 0.120. The molecule has 0 aliphatic rings. The van der Waals surface area contributed by atoms with Crippen LogP contribution < -0.4 is 10.1 Å². The van der Waals surface area contributed by atoms with Gasteiger partial charge in [0.1, 0.15) is 5.75 Å². The van der Waals surface area contributed by atoms with E-state index in [-0.39, 0.29) is 12.5 Å². The van der Waals surface area contributed by atoms with Crippen molar-refractivity contribution in [2.45, 2.75) is 13.8 Å². The van der Waals surface area contributed by atoms with Crippen LogP contribution in [0.4, 0.5) is 5.69 Å². The first kappa shape index (κ1) is 22.1. The highest BCUT2D eigenvalue weighted by atomic mass is 35.5. The number of amides is 1. The van der Waals surface area contributed by atoms with Gasteiger partial charge in [0.25, 0.3) is 5.91 Å². The van der Waals surface area contributed by atoms with Crippen molar-refractivity contribution in [2.24, 2.45) is 0 Å². The summed E-state index contributed by atoms with van der Waals surface area (Å²) in [7, 11) is 0. The number of thiophene rings is 1. The van der Waals surface area contributed by atoms with Crippen molar-refractivity contribution in [1.29, 1.82) is 0 Å². The Morgan fingerprint density at radius 2 is 1.88 bits per heavy atom. The number of hydrogen-bond acceptors (Lipinski definition) is 6.